The van der Waals surface area contributed by atoms with Crippen LogP contribution in [0.1, 0.15) is 6.92 Å². The van der Waals surface area contributed by atoms with E-state index < -0.39 is 22.2 Å². The summed E-state index contributed by atoms with van der Waals surface area (Å²) in [5.41, 5.74) is -0.796. The van der Waals surface area contributed by atoms with Crippen molar-refractivity contribution in [2.24, 2.45) is 0 Å². The Morgan fingerprint density at radius 2 is 2.15 bits per heavy atom. The fourth-order valence-electron chi connectivity index (χ4n) is 1.63. The van der Waals surface area contributed by atoms with Gasteiger partial charge in [0.05, 0.1) is 4.92 Å². The van der Waals surface area contributed by atoms with Gasteiger partial charge in [-0.1, -0.05) is 0 Å². The smallest absolute Gasteiger partial charge is 0.313 e. The van der Waals surface area contributed by atoms with Crippen LogP contribution in [-0.2, 0) is 0 Å². The highest BCUT2D eigenvalue weighted by Crippen LogP contribution is 2.30. The van der Waals surface area contributed by atoms with Gasteiger partial charge in [0.1, 0.15) is 17.8 Å². The normalized spacial score (nSPS) is 10.3. The standard InChI is InChI=1S/C12H10F2N4O2/c1-2-15-12-16-6-10(18(19)20)11(17-12)8-4-3-7(13)5-9(8)14/h3-6H,2H2,1H3,(H,15,16,17). The molecule has 0 atom stereocenters. The molecule has 20 heavy (non-hydrogen) atoms. The Bertz CT molecular complexity index is 664. The molecule has 104 valence electrons. The van der Waals surface area contributed by atoms with Gasteiger partial charge >= 0.3 is 5.69 Å². The van der Waals surface area contributed by atoms with Crippen molar-refractivity contribution in [3.05, 3.63) is 46.1 Å². The van der Waals surface area contributed by atoms with Crippen molar-refractivity contribution >= 4 is 11.6 Å². The molecule has 2 aromatic rings. The number of benzene rings is 1. The van der Waals surface area contributed by atoms with Gasteiger partial charge in [0.15, 0.2) is 5.69 Å². The van der Waals surface area contributed by atoms with E-state index in [4.69, 9.17) is 0 Å². The summed E-state index contributed by atoms with van der Waals surface area (Å²) in [4.78, 5) is 17.9. The molecule has 0 radical (unpaired) electrons. The van der Waals surface area contributed by atoms with Crippen LogP contribution in [0.2, 0.25) is 0 Å². The van der Waals surface area contributed by atoms with E-state index in [-0.39, 0.29) is 17.2 Å². The van der Waals surface area contributed by atoms with Crippen molar-refractivity contribution in [3.63, 3.8) is 0 Å². The first-order valence-electron chi connectivity index (χ1n) is 5.73. The monoisotopic (exact) mass is 280 g/mol. The molecule has 1 N–H and O–H groups in total. The van der Waals surface area contributed by atoms with Crippen LogP contribution in [0.4, 0.5) is 20.4 Å². The summed E-state index contributed by atoms with van der Waals surface area (Å²) in [5.74, 6) is -1.55. The molecule has 2 rings (SSSR count). The minimum atomic E-state index is -0.922. The molecule has 1 aromatic carbocycles. The van der Waals surface area contributed by atoms with Gasteiger partial charge in [-0.15, -0.1) is 0 Å². The van der Waals surface area contributed by atoms with E-state index in [0.717, 1.165) is 18.3 Å². The molecule has 0 amide bonds. The van der Waals surface area contributed by atoms with Crippen LogP contribution in [0, 0.1) is 21.7 Å². The Morgan fingerprint density at radius 1 is 1.40 bits per heavy atom. The van der Waals surface area contributed by atoms with Gasteiger partial charge in [0.25, 0.3) is 0 Å². The third-order valence-electron chi connectivity index (χ3n) is 2.49. The number of rotatable bonds is 4. The average molecular weight is 280 g/mol. The fraction of sp³-hybridized carbons (Fsp3) is 0.167. The molecule has 0 unspecified atom stereocenters. The highest BCUT2D eigenvalue weighted by Gasteiger charge is 2.21. The maximum absolute atomic E-state index is 13.8. The topological polar surface area (TPSA) is 81.0 Å². The molecule has 0 aliphatic rings. The van der Waals surface area contributed by atoms with E-state index in [9.17, 15) is 18.9 Å². The van der Waals surface area contributed by atoms with E-state index >= 15 is 0 Å². The quantitative estimate of drug-likeness (QED) is 0.688. The zero-order valence-electron chi connectivity index (χ0n) is 10.4. The van der Waals surface area contributed by atoms with Gasteiger partial charge < -0.3 is 5.32 Å². The number of hydrogen-bond donors (Lipinski definition) is 1. The fourth-order valence-corrected chi connectivity index (χ4v) is 1.63. The second-order valence-electron chi connectivity index (χ2n) is 3.84. The van der Waals surface area contributed by atoms with E-state index in [1.807, 2.05) is 0 Å². The molecule has 0 bridgehead atoms. The van der Waals surface area contributed by atoms with Crippen molar-refractivity contribution in [3.8, 4) is 11.3 Å². The zero-order valence-corrected chi connectivity index (χ0v) is 10.4. The Kier molecular flexibility index (Phi) is 3.83. The van der Waals surface area contributed by atoms with Gasteiger partial charge in [0.2, 0.25) is 5.95 Å². The lowest BCUT2D eigenvalue weighted by Crippen LogP contribution is -2.05. The molecule has 0 fully saturated rings. The maximum Gasteiger partial charge on any atom is 0.313 e. The second kappa shape index (κ2) is 5.55. The van der Waals surface area contributed by atoms with E-state index in [0.29, 0.717) is 12.6 Å². The average Bonchev–Trinajstić information content (AvgIpc) is 2.38. The first-order chi connectivity index (χ1) is 9.52. The number of aromatic nitrogens is 2. The van der Waals surface area contributed by atoms with Crippen LogP contribution in [-0.4, -0.2) is 21.4 Å². The Hall–Kier alpha value is -2.64. The molecule has 0 aliphatic heterocycles. The summed E-state index contributed by atoms with van der Waals surface area (Å²) >= 11 is 0. The molecule has 1 heterocycles. The Labute approximate surface area is 112 Å². The molecule has 0 aliphatic carbocycles. The van der Waals surface area contributed by atoms with E-state index in [1.54, 1.807) is 6.92 Å². The summed E-state index contributed by atoms with van der Waals surface area (Å²) in [6.07, 6.45) is 0.989. The number of halogens is 2. The summed E-state index contributed by atoms with van der Waals surface area (Å²) in [7, 11) is 0. The van der Waals surface area contributed by atoms with Crippen molar-refractivity contribution in [2.75, 3.05) is 11.9 Å². The molecule has 0 spiro atoms. The van der Waals surface area contributed by atoms with Crippen LogP contribution in [0.5, 0.6) is 0 Å². The third kappa shape index (κ3) is 2.68. The molecule has 6 nitrogen and oxygen atoms in total. The van der Waals surface area contributed by atoms with Crippen LogP contribution in [0.25, 0.3) is 11.3 Å². The van der Waals surface area contributed by atoms with Crippen LogP contribution in [0.3, 0.4) is 0 Å². The van der Waals surface area contributed by atoms with Crippen molar-refractivity contribution in [2.45, 2.75) is 6.92 Å². The van der Waals surface area contributed by atoms with Gasteiger partial charge in [0, 0.05) is 18.2 Å². The largest absolute Gasteiger partial charge is 0.354 e. The summed E-state index contributed by atoms with van der Waals surface area (Å²) in [6.45, 7) is 2.30. The molecule has 0 saturated carbocycles. The SMILES string of the molecule is CCNc1ncc([N+](=O)[O-])c(-c2ccc(F)cc2F)n1. The number of nitrogens with zero attached hydrogens (tertiary/aromatic N) is 3. The van der Waals surface area contributed by atoms with E-state index in [1.165, 1.54) is 0 Å². The van der Waals surface area contributed by atoms with Crippen LogP contribution < -0.4 is 5.32 Å². The molecule has 1 aromatic heterocycles. The Morgan fingerprint density at radius 3 is 2.75 bits per heavy atom. The number of hydrogen-bond acceptors (Lipinski definition) is 5. The minimum absolute atomic E-state index is 0.136. The minimum Gasteiger partial charge on any atom is -0.354 e. The van der Waals surface area contributed by atoms with Crippen LogP contribution >= 0.6 is 0 Å². The lowest BCUT2D eigenvalue weighted by molar-refractivity contribution is -0.384. The van der Waals surface area contributed by atoms with Gasteiger partial charge in [-0.2, -0.15) is 0 Å². The first-order valence-corrected chi connectivity index (χ1v) is 5.73. The Balaban J connectivity index is 2.62. The summed E-state index contributed by atoms with van der Waals surface area (Å²) in [6, 6.07) is 2.76. The predicted octanol–water partition coefficient (Wildman–Crippen LogP) is 2.76. The highest BCUT2D eigenvalue weighted by atomic mass is 19.1. The number of nitro groups is 1. The highest BCUT2D eigenvalue weighted by molar-refractivity contribution is 5.70. The van der Waals surface area contributed by atoms with E-state index in [2.05, 4.69) is 15.3 Å². The predicted molar refractivity (Wildman–Crippen MR) is 68.2 cm³/mol. The van der Waals surface area contributed by atoms with Crippen molar-refractivity contribution in [1.29, 1.82) is 0 Å². The van der Waals surface area contributed by atoms with Gasteiger partial charge in [-0.05, 0) is 19.1 Å². The third-order valence-corrected chi connectivity index (χ3v) is 2.49. The summed E-state index contributed by atoms with van der Waals surface area (Å²) < 4.78 is 26.7. The molecular weight excluding hydrogens is 270 g/mol. The lowest BCUT2D eigenvalue weighted by Gasteiger charge is -2.06. The second-order valence-corrected chi connectivity index (χ2v) is 3.84. The van der Waals surface area contributed by atoms with Crippen molar-refractivity contribution < 1.29 is 13.7 Å². The maximum atomic E-state index is 13.8. The van der Waals surface area contributed by atoms with Crippen LogP contribution in [0.15, 0.2) is 24.4 Å². The molecular formula is C12H10F2N4O2. The zero-order chi connectivity index (χ0) is 14.7. The van der Waals surface area contributed by atoms with Gasteiger partial charge in [-0.25, -0.2) is 18.7 Å². The van der Waals surface area contributed by atoms with Crippen molar-refractivity contribution in [1.82, 2.24) is 9.97 Å². The lowest BCUT2D eigenvalue weighted by atomic mass is 10.1. The molecule has 8 heteroatoms. The number of nitrogens with one attached hydrogen (secondary N) is 1. The van der Waals surface area contributed by atoms with Gasteiger partial charge in [-0.3, -0.25) is 10.1 Å². The molecule has 0 saturated heterocycles. The summed E-state index contributed by atoms with van der Waals surface area (Å²) in [5, 5.41) is 13.7. The first kappa shape index (κ1) is 13.8. The number of anilines is 1.